The molecule has 3 heterocycles. The van der Waals surface area contributed by atoms with Gasteiger partial charge in [0.05, 0.1) is 11.6 Å². The maximum absolute atomic E-state index is 13.2. The maximum Gasteiger partial charge on any atom is 0.253 e. The van der Waals surface area contributed by atoms with Crippen LogP contribution in [0.15, 0.2) is 70.4 Å². The van der Waals surface area contributed by atoms with E-state index in [2.05, 4.69) is 36.6 Å². The fourth-order valence-electron chi connectivity index (χ4n) is 5.07. The minimum atomic E-state index is -0.0122. The Hall–Kier alpha value is -3.30. The highest BCUT2D eigenvalue weighted by molar-refractivity contribution is 7.98. The van der Waals surface area contributed by atoms with Crippen molar-refractivity contribution >= 4 is 17.7 Å². The Morgan fingerprint density at radius 2 is 1.75 bits per heavy atom. The molecule has 5 nitrogen and oxygen atoms in total. The molecule has 0 aliphatic carbocycles. The number of likely N-dealkylation sites (tertiary alicyclic amines) is 1. The second-order valence-corrected chi connectivity index (χ2v) is 9.39. The molecule has 2 atom stereocenters. The number of pyridine rings is 1. The summed E-state index contributed by atoms with van der Waals surface area (Å²) in [7, 11) is 0. The first-order valence-corrected chi connectivity index (χ1v) is 12.0. The molecule has 160 valence electrons. The van der Waals surface area contributed by atoms with Crippen molar-refractivity contribution in [2.24, 2.45) is 5.92 Å². The lowest BCUT2D eigenvalue weighted by Gasteiger charge is -2.43. The minimum absolute atomic E-state index is 0.0122. The topological polar surface area (TPSA) is 66.1 Å². The molecule has 0 unspecified atom stereocenters. The fourth-order valence-corrected chi connectivity index (χ4v) is 5.47. The summed E-state index contributed by atoms with van der Waals surface area (Å²) in [6, 6.07) is 20.9. The molecule has 6 heteroatoms. The van der Waals surface area contributed by atoms with E-state index in [1.54, 1.807) is 42.1 Å². The predicted octanol–water partition coefficient (Wildman–Crippen LogP) is 4.37. The molecule has 1 aromatic heterocycles. The summed E-state index contributed by atoms with van der Waals surface area (Å²) in [6.07, 6.45) is 3.04. The molecular formula is C26H23N3O2S. The number of piperidine rings is 1. The van der Waals surface area contributed by atoms with Crippen LogP contribution in [0.2, 0.25) is 0 Å². The van der Waals surface area contributed by atoms with Crippen LogP contribution in [-0.2, 0) is 6.54 Å². The monoisotopic (exact) mass is 441 g/mol. The number of rotatable bonds is 3. The summed E-state index contributed by atoms with van der Waals surface area (Å²) in [5.41, 5.74) is 4.40. The highest BCUT2D eigenvalue weighted by Gasteiger charge is 2.38. The lowest BCUT2D eigenvalue weighted by atomic mass is 9.80. The number of carbonyl (C=O) groups excluding carboxylic acids is 1. The van der Waals surface area contributed by atoms with Gasteiger partial charge in [-0.05, 0) is 66.6 Å². The molecule has 32 heavy (non-hydrogen) atoms. The second-order valence-electron chi connectivity index (χ2n) is 8.51. The van der Waals surface area contributed by atoms with Crippen molar-refractivity contribution in [2.75, 3.05) is 19.3 Å². The third-order valence-corrected chi connectivity index (χ3v) is 7.28. The minimum Gasteiger partial charge on any atom is -0.338 e. The van der Waals surface area contributed by atoms with Crippen LogP contribution >= 0.6 is 11.8 Å². The molecule has 1 amide bonds. The zero-order chi connectivity index (χ0) is 22.2. The molecule has 0 spiro atoms. The van der Waals surface area contributed by atoms with Gasteiger partial charge in [-0.3, -0.25) is 9.59 Å². The SMILES string of the molecule is CSc1ccc(-c2ccc(=O)n3c2[C@H]2C[C@@H](CN(C(=O)c4ccc(C#N)cc4)C2)C3)cc1. The van der Waals surface area contributed by atoms with E-state index < -0.39 is 0 Å². The number of fused-ring (bicyclic) bond motifs is 4. The molecule has 2 aromatic carbocycles. The number of nitriles is 1. The summed E-state index contributed by atoms with van der Waals surface area (Å²) >= 11 is 1.70. The normalized spacial score (nSPS) is 19.2. The zero-order valence-corrected chi connectivity index (χ0v) is 18.6. The number of aromatic nitrogens is 1. The van der Waals surface area contributed by atoms with Crippen molar-refractivity contribution in [1.29, 1.82) is 5.26 Å². The molecule has 2 bridgehead atoms. The molecule has 1 fully saturated rings. The summed E-state index contributed by atoms with van der Waals surface area (Å²) < 4.78 is 1.93. The van der Waals surface area contributed by atoms with Crippen LogP contribution in [0.5, 0.6) is 0 Å². The molecule has 2 aliphatic heterocycles. The van der Waals surface area contributed by atoms with Crippen molar-refractivity contribution in [2.45, 2.75) is 23.8 Å². The second kappa shape index (κ2) is 8.33. The third-order valence-electron chi connectivity index (χ3n) is 6.54. The quantitative estimate of drug-likeness (QED) is 0.566. The van der Waals surface area contributed by atoms with Gasteiger partial charge in [-0.15, -0.1) is 11.8 Å². The Bertz CT molecular complexity index is 1270. The van der Waals surface area contributed by atoms with Crippen LogP contribution in [0.1, 0.15) is 34.0 Å². The number of hydrogen-bond donors (Lipinski definition) is 0. The van der Waals surface area contributed by atoms with Crippen molar-refractivity contribution in [1.82, 2.24) is 9.47 Å². The molecule has 2 aliphatic rings. The predicted molar refractivity (Wildman–Crippen MR) is 126 cm³/mol. The van der Waals surface area contributed by atoms with Gasteiger partial charge in [-0.1, -0.05) is 12.1 Å². The molecule has 5 rings (SSSR count). The van der Waals surface area contributed by atoms with Gasteiger partial charge >= 0.3 is 0 Å². The zero-order valence-electron chi connectivity index (χ0n) is 17.8. The summed E-state index contributed by atoms with van der Waals surface area (Å²) in [5, 5.41) is 9.01. The molecular weight excluding hydrogens is 418 g/mol. The highest BCUT2D eigenvalue weighted by atomic mass is 32.2. The van der Waals surface area contributed by atoms with Gasteiger partial charge in [0, 0.05) is 53.3 Å². The maximum atomic E-state index is 13.2. The Balaban J connectivity index is 1.50. The first kappa shape index (κ1) is 20.6. The largest absolute Gasteiger partial charge is 0.338 e. The Kier molecular flexibility index (Phi) is 5.36. The van der Waals surface area contributed by atoms with Crippen molar-refractivity contribution < 1.29 is 4.79 Å². The van der Waals surface area contributed by atoms with Crippen LogP contribution < -0.4 is 5.56 Å². The van der Waals surface area contributed by atoms with Crippen molar-refractivity contribution in [3.05, 3.63) is 87.8 Å². The van der Waals surface area contributed by atoms with Crippen molar-refractivity contribution in [3.63, 3.8) is 0 Å². The number of carbonyl (C=O) groups is 1. The number of hydrogen-bond acceptors (Lipinski definition) is 4. The van der Waals surface area contributed by atoms with Gasteiger partial charge in [0.15, 0.2) is 0 Å². The van der Waals surface area contributed by atoms with Crippen LogP contribution in [-0.4, -0.2) is 34.7 Å². The average Bonchev–Trinajstić information content (AvgIpc) is 2.84. The third kappa shape index (κ3) is 3.63. The Labute approximate surface area is 191 Å². The Morgan fingerprint density at radius 1 is 1.00 bits per heavy atom. The first-order valence-electron chi connectivity index (χ1n) is 10.7. The standard InChI is InChI=1S/C26H23N3O2S/c1-32-22-8-6-19(7-9-22)23-10-11-24(30)29-15-18-12-21(25(23)29)16-28(14-18)26(31)20-4-2-17(13-27)3-5-20/h2-11,18,21H,12,14-16H2,1H3/t18-,21-/m0/s1. The highest BCUT2D eigenvalue weighted by Crippen LogP contribution is 2.40. The summed E-state index contributed by atoms with van der Waals surface area (Å²) in [4.78, 5) is 29.1. The summed E-state index contributed by atoms with van der Waals surface area (Å²) in [6.45, 7) is 1.88. The molecule has 0 saturated carbocycles. The van der Waals surface area contributed by atoms with Gasteiger partial charge in [0.25, 0.3) is 11.5 Å². The average molecular weight is 442 g/mol. The van der Waals surface area contributed by atoms with Crippen LogP contribution in [0, 0.1) is 17.2 Å². The van der Waals surface area contributed by atoms with E-state index in [9.17, 15) is 9.59 Å². The van der Waals surface area contributed by atoms with E-state index >= 15 is 0 Å². The van der Waals surface area contributed by atoms with Crippen LogP contribution in [0.3, 0.4) is 0 Å². The first-order chi connectivity index (χ1) is 15.6. The van der Waals surface area contributed by atoms with Crippen LogP contribution in [0.4, 0.5) is 0 Å². The van der Waals surface area contributed by atoms with Crippen molar-refractivity contribution in [3.8, 4) is 17.2 Å². The van der Waals surface area contributed by atoms with Gasteiger partial charge in [-0.25, -0.2) is 0 Å². The number of nitrogens with zero attached hydrogens (tertiary/aromatic N) is 3. The van der Waals surface area contributed by atoms with Gasteiger partial charge in [0.1, 0.15) is 0 Å². The van der Waals surface area contributed by atoms with Crippen LogP contribution in [0.25, 0.3) is 11.1 Å². The molecule has 0 N–H and O–H groups in total. The van der Waals surface area contributed by atoms with E-state index in [0.717, 1.165) is 23.2 Å². The van der Waals surface area contributed by atoms with Gasteiger partial charge in [-0.2, -0.15) is 5.26 Å². The van der Waals surface area contributed by atoms with Gasteiger partial charge in [0.2, 0.25) is 0 Å². The number of benzene rings is 2. The smallest absolute Gasteiger partial charge is 0.253 e. The van der Waals surface area contributed by atoms with E-state index in [1.165, 1.54) is 4.90 Å². The fraction of sp³-hybridized carbons (Fsp3) is 0.269. The molecule has 0 radical (unpaired) electrons. The van der Waals surface area contributed by atoms with E-state index in [4.69, 9.17) is 5.26 Å². The lowest BCUT2D eigenvalue weighted by molar-refractivity contribution is 0.0595. The Morgan fingerprint density at radius 3 is 2.44 bits per heavy atom. The van der Waals surface area contributed by atoms with E-state index in [-0.39, 0.29) is 23.3 Å². The number of amides is 1. The van der Waals surface area contributed by atoms with Gasteiger partial charge < -0.3 is 9.47 Å². The number of thioether (sulfide) groups is 1. The van der Waals surface area contributed by atoms with E-state index in [0.29, 0.717) is 30.8 Å². The lowest BCUT2D eigenvalue weighted by Crippen LogP contribution is -2.49. The van der Waals surface area contributed by atoms with E-state index in [1.807, 2.05) is 15.5 Å². The molecule has 3 aromatic rings. The molecule has 1 saturated heterocycles. The summed E-state index contributed by atoms with van der Waals surface area (Å²) in [5.74, 6) is 0.367.